The molecule has 0 N–H and O–H groups in total. The molecule has 2 atom stereocenters. The van der Waals surface area contributed by atoms with Gasteiger partial charge in [0.1, 0.15) is 0 Å². The summed E-state index contributed by atoms with van der Waals surface area (Å²) >= 11 is 5.46. The van der Waals surface area contributed by atoms with E-state index >= 15 is 0 Å². The Hall–Kier alpha value is 0.110. The maximum atomic E-state index is 4.47. The van der Waals surface area contributed by atoms with E-state index < -0.39 is 0 Å². The van der Waals surface area contributed by atoms with Gasteiger partial charge in [0.15, 0.2) is 0 Å². The molecule has 74 valence electrons. The summed E-state index contributed by atoms with van der Waals surface area (Å²) in [4.78, 5) is 5.09. The highest BCUT2D eigenvalue weighted by molar-refractivity contribution is 9.09. The fourth-order valence-corrected chi connectivity index (χ4v) is 2.40. The summed E-state index contributed by atoms with van der Waals surface area (Å²) in [5, 5.41) is 3.39. The quantitative estimate of drug-likeness (QED) is 0.752. The van der Waals surface area contributed by atoms with Gasteiger partial charge >= 0.3 is 0 Å². The van der Waals surface area contributed by atoms with Gasteiger partial charge in [0, 0.05) is 22.3 Å². The van der Waals surface area contributed by atoms with Gasteiger partial charge < -0.3 is 0 Å². The van der Waals surface area contributed by atoms with Crippen LogP contribution in [0.5, 0.6) is 0 Å². The largest absolute Gasteiger partial charge is 0.247 e. The molecule has 1 aromatic rings. The Bertz CT molecular complexity index is 259. The maximum absolute atomic E-state index is 4.47. The van der Waals surface area contributed by atoms with Gasteiger partial charge in [-0.25, -0.2) is 4.98 Å². The zero-order valence-electron chi connectivity index (χ0n) is 8.38. The topological polar surface area (TPSA) is 12.9 Å². The third-order valence-corrected chi connectivity index (χ3v) is 4.71. The lowest BCUT2D eigenvalue weighted by Gasteiger charge is -2.14. The van der Waals surface area contributed by atoms with Crippen molar-refractivity contribution in [2.24, 2.45) is 5.92 Å². The predicted octanol–water partition coefficient (Wildman–Crippen LogP) is 3.80. The molecule has 0 bridgehead atoms. The maximum Gasteiger partial charge on any atom is 0.0931 e. The van der Waals surface area contributed by atoms with Crippen molar-refractivity contribution in [3.05, 3.63) is 16.1 Å². The standard InChI is InChI=1S/C10H16BrNS/c1-4-9(11)7(2)5-10-12-8(3)6-13-10/h6-7,9H,4-5H2,1-3H3. The molecule has 1 rings (SSSR count). The van der Waals surface area contributed by atoms with Crippen LogP contribution in [-0.4, -0.2) is 9.81 Å². The first kappa shape index (κ1) is 11.2. The van der Waals surface area contributed by atoms with E-state index in [1.165, 1.54) is 11.4 Å². The second-order valence-electron chi connectivity index (χ2n) is 3.49. The zero-order chi connectivity index (χ0) is 9.84. The normalized spacial score (nSPS) is 15.7. The van der Waals surface area contributed by atoms with Crippen molar-refractivity contribution in [2.45, 2.75) is 38.4 Å². The predicted molar refractivity (Wildman–Crippen MR) is 62.7 cm³/mol. The van der Waals surface area contributed by atoms with Crippen LogP contribution in [-0.2, 0) is 6.42 Å². The molecule has 0 fully saturated rings. The smallest absolute Gasteiger partial charge is 0.0931 e. The SMILES string of the molecule is CCC(Br)C(C)Cc1nc(C)cs1. The Morgan fingerprint density at radius 2 is 2.31 bits per heavy atom. The van der Waals surface area contributed by atoms with Crippen molar-refractivity contribution in [3.8, 4) is 0 Å². The van der Waals surface area contributed by atoms with Gasteiger partial charge in [-0.3, -0.25) is 0 Å². The number of rotatable bonds is 4. The lowest BCUT2D eigenvalue weighted by Crippen LogP contribution is -2.12. The summed E-state index contributed by atoms with van der Waals surface area (Å²) in [6.07, 6.45) is 2.29. The van der Waals surface area contributed by atoms with Crippen LogP contribution in [0.25, 0.3) is 0 Å². The molecular formula is C10H16BrNS. The molecule has 13 heavy (non-hydrogen) atoms. The van der Waals surface area contributed by atoms with Gasteiger partial charge in [-0.1, -0.05) is 29.8 Å². The van der Waals surface area contributed by atoms with Crippen LogP contribution in [0.2, 0.25) is 0 Å². The monoisotopic (exact) mass is 261 g/mol. The first-order chi connectivity index (χ1) is 6.13. The molecule has 0 amide bonds. The number of alkyl halides is 1. The molecular weight excluding hydrogens is 246 g/mol. The Morgan fingerprint density at radius 1 is 1.62 bits per heavy atom. The van der Waals surface area contributed by atoms with Crippen LogP contribution < -0.4 is 0 Å². The van der Waals surface area contributed by atoms with E-state index in [-0.39, 0.29) is 0 Å². The fraction of sp³-hybridized carbons (Fsp3) is 0.700. The van der Waals surface area contributed by atoms with Gasteiger partial charge in [0.25, 0.3) is 0 Å². The number of halogens is 1. The highest BCUT2D eigenvalue weighted by Crippen LogP contribution is 2.22. The fourth-order valence-electron chi connectivity index (χ4n) is 1.30. The first-order valence-corrected chi connectivity index (χ1v) is 6.48. The summed E-state index contributed by atoms with van der Waals surface area (Å²) in [7, 11) is 0. The van der Waals surface area contributed by atoms with Crippen LogP contribution >= 0.6 is 27.3 Å². The Labute approximate surface area is 92.7 Å². The Kier molecular flexibility index (Phi) is 4.39. The average molecular weight is 262 g/mol. The van der Waals surface area contributed by atoms with Gasteiger partial charge in [0.2, 0.25) is 0 Å². The highest BCUT2D eigenvalue weighted by Gasteiger charge is 2.13. The van der Waals surface area contributed by atoms with Crippen molar-refractivity contribution in [1.82, 2.24) is 4.98 Å². The zero-order valence-corrected chi connectivity index (χ0v) is 10.8. The molecule has 2 unspecified atom stereocenters. The van der Waals surface area contributed by atoms with Crippen molar-refractivity contribution in [2.75, 3.05) is 0 Å². The van der Waals surface area contributed by atoms with Crippen molar-refractivity contribution >= 4 is 27.3 Å². The number of aromatic nitrogens is 1. The minimum Gasteiger partial charge on any atom is -0.247 e. The van der Waals surface area contributed by atoms with E-state index in [0.717, 1.165) is 12.1 Å². The Balaban J connectivity index is 2.49. The molecule has 0 aliphatic carbocycles. The molecule has 1 heterocycles. The third-order valence-electron chi connectivity index (χ3n) is 2.17. The molecule has 0 aliphatic rings. The molecule has 0 aliphatic heterocycles. The van der Waals surface area contributed by atoms with Gasteiger partial charge in [-0.2, -0.15) is 0 Å². The summed E-state index contributed by atoms with van der Waals surface area (Å²) in [5.74, 6) is 0.676. The second-order valence-corrected chi connectivity index (χ2v) is 5.61. The third kappa shape index (κ3) is 3.39. The number of hydrogen-bond donors (Lipinski definition) is 0. The number of hydrogen-bond acceptors (Lipinski definition) is 2. The lowest BCUT2D eigenvalue weighted by molar-refractivity contribution is 0.544. The van der Waals surface area contributed by atoms with E-state index in [0.29, 0.717) is 10.7 Å². The molecule has 0 radical (unpaired) electrons. The van der Waals surface area contributed by atoms with Crippen LogP contribution in [0.4, 0.5) is 0 Å². The van der Waals surface area contributed by atoms with Crippen molar-refractivity contribution in [1.29, 1.82) is 0 Å². The molecule has 0 saturated carbocycles. The van der Waals surface area contributed by atoms with Gasteiger partial charge in [0.05, 0.1) is 5.01 Å². The van der Waals surface area contributed by atoms with Crippen molar-refractivity contribution in [3.63, 3.8) is 0 Å². The summed E-state index contributed by atoms with van der Waals surface area (Å²) in [6, 6.07) is 0. The molecule has 3 heteroatoms. The number of thiazole rings is 1. The molecule has 0 saturated heterocycles. The average Bonchev–Trinajstić information content (AvgIpc) is 2.49. The van der Waals surface area contributed by atoms with Gasteiger partial charge in [-0.05, 0) is 19.3 Å². The van der Waals surface area contributed by atoms with E-state index in [9.17, 15) is 0 Å². The molecule has 1 nitrogen and oxygen atoms in total. The summed E-state index contributed by atoms with van der Waals surface area (Å²) < 4.78 is 0. The minimum atomic E-state index is 0.622. The van der Waals surface area contributed by atoms with E-state index in [1.54, 1.807) is 11.3 Å². The molecule has 0 spiro atoms. The highest BCUT2D eigenvalue weighted by atomic mass is 79.9. The first-order valence-electron chi connectivity index (χ1n) is 4.68. The molecule has 0 aromatic carbocycles. The van der Waals surface area contributed by atoms with Crippen LogP contribution in [0.3, 0.4) is 0 Å². The van der Waals surface area contributed by atoms with Crippen LogP contribution in [0.1, 0.15) is 31.0 Å². The lowest BCUT2D eigenvalue weighted by atomic mass is 10.0. The number of aryl methyl sites for hydroxylation is 1. The summed E-state index contributed by atoms with van der Waals surface area (Å²) in [6.45, 7) is 6.54. The van der Waals surface area contributed by atoms with Crippen LogP contribution in [0.15, 0.2) is 5.38 Å². The molecule has 1 aromatic heterocycles. The minimum absolute atomic E-state index is 0.622. The van der Waals surface area contributed by atoms with E-state index in [4.69, 9.17) is 0 Å². The van der Waals surface area contributed by atoms with E-state index in [2.05, 4.69) is 47.1 Å². The van der Waals surface area contributed by atoms with Gasteiger partial charge in [-0.15, -0.1) is 11.3 Å². The second kappa shape index (κ2) is 5.11. The van der Waals surface area contributed by atoms with E-state index in [1.807, 2.05) is 0 Å². The van der Waals surface area contributed by atoms with Crippen LogP contribution in [0, 0.1) is 12.8 Å². The number of nitrogens with zero attached hydrogens (tertiary/aromatic N) is 1. The Morgan fingerprint density at radius 3 is 2.77 bits per heavy atom. The van der Waals surface area contributed by atoms with Crippen molar-refractivity contribution < 1.29 is 0 Å². The summed E-state index contributed by atoms with van der Waals surface area (Å²) in [5.41, 5.74) is 1.15.